The monoisotopic (exact) mass is 450 g/mol. The number of allylic oxidation sites excluding steroid dienone is 2. The number of fused-ring (bicyclic) bond motifs is 2. The van der Waals surface area contributed by atoms with Crippen LogP contribution in [0.1, 0.15) is 24.0 Å². The Labute approximate surface area is 199 Å². The Morgan fingerprint density at radius 3 is 2.71 bits per heavy atom. The second-order valence-electron chi connectivity index (χ2n) is 9.11. The lowest BCUT2D eigenvalue weighted by molar-refractivity contribution is -0.423. The number of amides is 1. The van der Waals surface area contributed by atoms with E-state index in [-0.39, 0.29) is 6.03 Å². The Hall–Kier alpha value is -3.93. The van der Waals surface area contributed by atoms with E-state index in [0.717, 1.165) is 44.5 Å². The normalized spacial score (nSPS) is 19.3. The molecular weight excluding hydrogens is 422 g/mol. The predicted molar refractivity (Wildman–Crippen MR) is 134 cm³/mol. The van der Waals surface area contributed by atoms with Gasteiger partial charge in [-0.2, -0.15) is 4.58 Å². The van der Waals surface area contributed by atoms with Crippen molar-refractivity contribution in [2.24, 2.45) is 0 Å². The van der Waals surface area contributed by atoms with E-state index in [9.17, 15) is 4.79 Å². The van der Waals surface area contributed by atoms with Gasteiger partial charge in [0.05, 0.1) is 5.70 Å². The second-order valence-corrected chi connectivity index (χ2v) is 9.11. The van der Waals surface area contributed by atoms with Crippen molar-refractivity contribution in [3.63, 3.8) is 0 Å². The molecule has 0 radical (unpaired) electrons. The summed E-state index contributed by atoms with van der Waals surface area (Å²) in [4.78, 5) is 21.5. The lowest BCUT2D eigenvalue weighted by atomic mass is 10.1. The third kappa shape index (κ3) is 3.55. The van der Waals surface area contributed by atoms with E-state index in [0.29, 0.717) is 0 Å². The van der Waals surface area contributed by atoms with Gasteiger partial charge in [0.2, 0.25) is 5.69 Å². The molecule has 0 saturated carbocycles. The van der Waals surface area contributed by atoms with Crippen LogP contribution in [0.4, 0.5) is 16.2 Å². The van der Waals surface area contributed by atoms with Gasteiger partial charge in [0.1, 0.15) is 6.33 Å². The van der Waals surface area contributed by atoms with Crippen molar-refractivity contribution in [1.29, 1.82) is 0 Å². The molecular formula is C28H28N5O+. The van der Waals surface area contributed by atoms with E-state index in [1.165, 1.54) is 38.2 Å². The van der Waals surface area contributed by atoms with Crippen LogP contribution in [0, 0.1) is 0 Å². The quantitative estimate of drug-likeness (QED) is 0.541. The van der Waals surface area contributed by atoms with Crippen LogP contribution >= 0.6 is 0 Å². The Balaban J connectivity index is 1.42. The molecule has 170 valence electrons. The van der Waals surface area contributed by atoms with Crippen molar-refractivity contribution < 1.29 is 9.37 Å². The van der Waals surface area contributed by atoms with Gasteiger partial charge in [0, 0.05) is 61.5 Å². The van der Waals surface area contributed by atoms with Gasteiger partial charge in [-0.3, -0.25) is 9.47 Å². The summed E-state index contributed by atoms with van der Waals surface area (Å²) in [5.41, 5.74) is 8.70. The summed E-state index contributed by atoms with van der Waals surface area (Å²) < 4.78 is 3.88. The van der Waals surface area contributed by atoms with Crippen LogP contribution in [0.5, 0.6) is 0 Å². The fourth-order valence-corrected chi connectivity index (χ4v) is 5.41. The molecule has 0 saturated heterocycles. The number of para-hydroxylation sites is 2. The number of anilines is 1. The molecule has 6 heteroatoms. The maximum Gasteiger partial charge on any atom is 0.333 e. The van der Waals surface area contributed by atoms with Crippen LogP contribution < -0.4 is 4.90 Å². The van der Waals surface area contributed by atoms with E-state index in [1.54, 1.807) is 23.6 Å². The molecule has 34 heavy (non-hydrogen) atoms. The first-order valence-electron chi connectivity index (χ1n) is 11.9. The largest absolute Gasteiger partial charge is 0.347 e. The van der Waals surface area contributed by atoms with Gasteiger partial charge < -0.3 is 4.90 Å². The van der Waals surface area contributed by atoms with Crippen molar-refractivity contribution in [1.82, 2.24) is 14.5 Å². The molecule has 0 N–H and O–H groups in total. The van der Waals surface area contributed by atoms with Gasteiger partial charge in [0.15, 0.2) is 12.8 Å². The number of carbonyl (C=O) groups is 1. The lowest BCUT2D eigenvalue weighted by Gasteiger charge is -2.23. The highest BCUT2D eigenvalue weighted by atomic mass is 16.2. The first-order valence-corrected chi connectivity index (χ1v) is 11.9. The van der Waals surface area contributed by atoms with Gasteiger partial charge >= 0.3 is 6.03 Å². The number of likely N-dealkylation sites (N-methyl/N-ethyl adjacent to an activating group) is 1. The number of aromatic nitrogens is 2. The zero-order valence-electron chi connectivity index (χ0n) is 19.4. The number of imidazole rings is 1. The zero-order chi connectivity index (χ0) is 23.1. The number of carbonyl (C=O) groups excluding carboxylic acids is 1. The number of hydrogen-bond acceptors (Lipinski definition) is 3. The number of rotatable bonds is 3. The topological polar surface area (TPSA) is 44.4 Å². The van der Waals surface area contributed by atoms with E-state index >= 15 is 0 Å². The fourth-order valence-electron chi connectivity index (χ4n) is 5.41. The van der Waals surface area contributed by atoms with Crippen LogP contribution in [0.3, 0.4) is 0 Å². The van der Waals surface area contributed by atoms with E-state index in [2.05, 4.69) is 75.4 Å². The molecule has 2 aliphatic heterocycles. The summed E-state index contributed by atoms with van der Waals surface area (Å²) in [6.07, 6.45) is 13.4. The molecule has 0 spiro atoms. The summed E-state index contributed by atoms with van der Waals surface area (Å²) in [5.74, 6) is 0. The molecule has 0 unspecified atom stereocenters. The average Bonchev–Trinajstić information content (AvgIpc) is 3.67. The molecule has 0 atom stereocenters. The van der Waals surface area contributed by atoms with Crippen LogP contribution in [-0.4, -0.2) is 51.4 Å². The average molecular weight is 451 g/mol. The highest BCUT2D eigenvalue weighted by Gasteiger charge is 2.31. The second kappa shape index (κ2) is 8.45. The molecule has 0 fully saturated rings. The lowest BCUT2D eigenvalue weighted by Crippen LogP contribution is -2.31. The number of benzene rings is 2. The summed E-state index contributed by atoms with van der Waals surface area (Å²) in [5, 5.41) is 0. The van der Waals surface area contributed by atoms with E-state index < -0.39 is 0 Å². The van der Waals surface area contributed by atoms with Crippen molar-refractivity contribution in [2.75, 3.05) is 25.0 Å². The molecule has 6 rings (SSSR count). The first kappa shape index (κ1) is 20.7. The van der Waals surface area contributed by atoms with Gasteiger partial charge in [-0.1, -0.05) is 36.4 Å². The summed E-state index contributed by atoms with van der Waals surface area (Å²) in [6, 6.07) is 17.1. The van der Waals surface area contributed by atoms with Gasteiger partial charge in [-0.25, -0.2) is 9.78 Å². The molecule has 3 heterocycles. The Morgan fingerprint density at radius 1 is 1.03 bits per heavy atom. The zero-order valence-corrected chi connectivity index (χ0v) is 19.4. The van der Waals surface area contributed by atoms with Crippen LogP contribution in [0.25, 0.3) is 0 Å². The highest BCUT2D eigenvalue weighted by molar-refractivity contribution is 5.85. The number of nitrogens with zero attached hydrogens (tertiary/aromatic N) is 5. The molecule has 6 nitrogen and oxygen atoms in total. The van der Waals surface area contributed by atoms with Gasteiger partial charge in [0.25, 0.3) is 0 Å². The summed E-state index contributed by atoms with van der Waals surface area (Å²) >= 11 is 0. The molecule has 0 bridgehead atoms. The molecule has 3 aliphatic rings. The van der Waals surface area contributed by atoms with Crippen molar-refractivity contribution >= 4 is 23.6 Å². The van der Waals surface area contributed by atoms with Crippen LogP contribution in [0.2, 0.25) is 0 Å². The van der Waals surface area contributed by atoms with Gasteiger partial charge in [-0.05, 0) is 36.5 Å². The molecule has 1 aliphatic carbocycles. The SMILES string of the molecule is CN(C(=O)n1ccnc1)C1=C(C=[N+]2CCc3ccccc32)CCC1=CN1CCc2ccccc21. The minimum atomic E-state index is -0.102. The number of hydrogen-bond donors (Lipinski definition) is 0. The first-order chi connectivity index (χ1) is 16.7. The van der Waals surface area contributed by atoms with Crippen molar-refractivity contribution in [3.05, 3.63) is 101 Å². The van der Waals surface area contributed by atoms with E-state index in [1.807, 2.05) is 7.05 Å². The minimum absolute atomic E-state index is 0.102. The maximum atomic E-state index is 13.3. The Kier molecular flexibility index (Phi) is 5.13. The van der Waals surface area contributed by atoms with Crippen molar-refractivity contribution in [2.45, 2.75) is 25.7 Å². The molecule has 3 aromatic rings. The summed E-state index contributed by atoms with van der Waals surface area (Å²) in [7, 11) is 1.88. The Morgan fingerprint density at radius 2 is 1.85 bits per heavy atom. The maximum absolute atomic E-state index is 13.3. The Bertz CT molecular complexity index is 1350. The molecule has 2 aromatic carbocycles. The van der Waals surface area contributed by atoms with Gasteiger partial charge in [-0.15, -0.1) is 0 Å². The highest BCUT2D eigenvalue weighted by Crippen LogP contribution is 2.37. The van der Waals surface area contributed by atoms with Crippen molar-refractivity contribution in [3.8, 4) is 0 Å². The third-order valence-electron chi connectivity index (χ3n) is 7.09. The molecule has 1 amide bonds. The van der Waals surface area contributed by atoms with Crippen LogP contribution in [-0.2, 0) is 12.8 Å². The molecule has 1 aromatic heterocycles. The smallest absolute Gasteiger partial charge is 0.333 e. The third-order valence-corrected chi connectivity index (χ3v) is 7.09. The summed E-state index contributed by atoms with van der Waals surface area (Å²) in [6.45, 7) is 1.93. The van der Waals surface area contributed by atoms with E-state index in [4.69, 9.17) is 0 Å². The minimum Gasteiger partial charge on any atom is -0.347 e. The fraction of sp³-hybridized carbons (Fsp3) is 0.250. The predicted octanol–water partition coefficient (Wildman–Crippen LogP) is 4.75. The van der Waals surface area contributed by atoms with Crippen LogP contribution in [0.15, 0.2) is 90.3 Å². The standard InChI is InChI=1S/C28H28N5O/c1-30(28(34)33-17-14-29-20-33)27-23(18-31-15-12-21-6-2-4-8-25(21)31)10-11-24(27)19-32-16-13-22-7-3-5-9-26(22)32/h2-9,14,17-20H,10-13,15-16H2,1H3/q+1.